The summed E-state index contributed by atoms with van der Waals surface area (Å²) in [5.74, 6) is 0.965. The van der Waals surface area contributed by atoms with Crippen LogP contribution in [0.3, 0.4) is 0 Å². The smallest absolute Gasteiger partial charge is 0.00173 e. The highest BCUT2D eigenvalue weighted by Gasteiger charge is 2.33. The first-order chi connectivity index (χ1) is 9.67. The van der Waals surface area contributed by atoms with Crippen LogP contribution in [-0.4, -0.2) is 6.54 Å². The Bertz CT molecular complexity index is 402. The standard InChI is InChI=1S/C19H31N/c1-3-4-7-17-9-11-19(15-20,12-10-17)14-18-8-5-6-16(2)13-18/h5-6,8,13,17H,3-4,7,9-12,14-15,20H2,1-2H3. The second-order valence-electron chi connectivity index (χ2n) is 6.96. The molecule has 1 aliphatic rings. The molecule has 0 spiro atoms. The minimum Gasteiger partial charge on any atom is -0.330 e. The lowest BCUT2D eigenvalue weighted by atomic mass is 9.66. The third-order valence-electron chi connectivity index (χ3n) is 5.23. The summed E-state index contributed by atoms with van der Waals surface area (Å²) in [4.78, 5) is 0. The molecular weight excluding hydrogens is 242 g/mol. The molecule has 2 N–H and O–H groups in total. The Morgan fingerprint density at radius 2 is 2.00 bits per heavy atom. The van der Waals surface area contributed by atoms with Crippen molar-refractivity contribution in [2.75, 3.05) is 6.54 Å². The molecule has 112 valence electrons. The van der Waals surface area contributed by atoms with Crippen LogP contribution in [0, 0.1) is 18.3 Å². The number of nitrogens with two attached hydrogens (primary N) is 1. The van der Waals surface area contributed by atoms with Gasteiger partial charge < -0.3 is 5.73 Å². The maximum absolute atomic E-state index is 6.17. The Hall–Kier alpha value is -0.820. The molecule has 1 saturated carbocycles. The van der Waals surface area contributed by atoms with Gasteiger partial charge in [-0.1, -0.05) is 56.0 Å². The van der Waals surface area contributed by atoms with E-state index in [9.17, 15) is 0 Å². The van der Waals surface area contributed by atoms with E-state index in [1.54, 1.807) is 0 Å². The summed E-state index contributed by atoms with van der Waals surface area (Å²) in [5.41, 5.74) is 9.38. The third kappa shape index (κ3) is 4.09. The van der Waals surface area contributed by atoms with Crippen LogP contribution in [0.25, 0.3) is 0 Å². The first-order valence-electron chi connectivity index (χ1n) is 8.43. The van der Waals surface area contributed by atoms with Crippen LogP contribution in [0.5, 0.6) is 0 Å². The van der Waals surface area contributed by atoms with Crippen molar-refractivity contribution in [3.8, 4) is 0 Å². The zero-order valence-electron chi connectivity index (χ0n) is 13.3. The van der Waals surface area contributed by atoms with Gasteiger partial charge in [0.15, 0.2) is 0 Å². The fourth-order valence-electron chi connectivity index (χ4n) is 3.78. The van der Waals surface area contributed by atoms with E-state index in [4.69, 9.17) is 5.73 Å². The number of benzene rings is 1. The van der Waals surface area contributed by atoms with Crippen LogP contribution in [0.1, 0.15) is 63.0 Å². The van der Waals surface area contributed by atoms with Gasteiger partial charge in [-0.25, -0.2) is 0 Å². The van der Waals surface area contributed by atoms with Crippen LogP contribution in [-0.2, 0) is 6.42 Å². The molecule has 0 aliphatic heterocycles. The van der Waals surface area contributed by atoms with Gasteiger partial charge in [0, 0.05) is 0 Å². The van der Waals surface area contributed by atoms with Crippen LogP contribution < -0.4 is 5.73 Å². The van der Waals surface area contributed by atoms with E-state index in [1.165, 1.54) is 62.5 Å². The highest BCUT2D eigenvalue weighted by atomic mass is 14.6. The minimum absolute atomic E-state index is 0.372. The molecule has 1 fully saturated rings. The molecule has 20 heavy (non-hydrogen) atoms. The van der Waals surface area contributed by atoms with Gasteiger partial charge in [0.05, 0.1) is 0 Å². The molecule has 0 heterocycles. The van der Waals surface area contributed by atoms with Crippen molar-refractivity contribution >= 4 is 0 Å². The Balaban J connectivity index is 1.94. The summed E-state index contributed by atoms with van der Waals surface area (Å²) in [6, 6.07) is 8.97. The van der Waals surface area contributed by atoms with Crippen LogP contribution >= 0.6 is 0 Å². The van der Waals surface area contributed by atoms with E-state index in [2.05, 4.69) is 38.1 Å². The van der Waals surface area contributed by atoms with Crippen LogP contribution in [0.2, 0.25) is 0 Å². The predicted molar refractivity (Wildman–Crippen MR) is 87.9 cm³/mol. The molecule has 1 aromatic carbocycles. The van der Waals surface area contributed by atoms with Crippen molar-refractivity contribution in [2.24, 2.45) is 17.1 Å². The number of rotatable bonds is 6. The molecule has 0 aromatic heterocycles. The van der Waals surface area contributed by atoms with E-state index < -0.39 is 0 Å². The summed E-state index contributed by atoms with van der Waals surface area (Å²) in [7, 11) is 0. The molecule has 0 atom stereocenters. The van der Waals surface area contributed by atoms with Crippen LogP contribution in [0.4, 0.5) is 0 Å². The van der Waals surface area contributed by atoms with Gasteiger partial charge in [0.1, 0.15) is 0 Å². The minimum atomic E-state index is 0.372. The lowest BCUT2D eigenvalue weighted by Gasteiger charge is -2.40. The fraction of sp³-hybridized carbons (Fsp3) is 0.684. The first kappa shape index (κ1) is 15.6. The van der Waals surface area contributed by atoms with Crippen molar-refractivity contribution in [3.63, 3.8) is 0 Å². The summed E-state index contributed by atoms with van der Waals surface area (Å²) in [6.07, 6.45) is 10.8. The topological polar surface area (TPSA) is 26.0 Å². The molecule has 1 nitrogen and oxygen atoms in total. The number of unbranched alkanes of at least 4 members (excludes halogenated alkanes) is 1. The summed E-state index contributed by atoms with van der Waals surface area (Å²) < 4.78 is 0. The number of hydrogen-bond acceptors (Lipinski definition) is 1. The molecule has 0 unspecified atom stereocenters. The molecule has 0 radical (unpaired) electrons. The van der Waals surface area contributed by atoms with Crippen molar-refractivity contribution in [1.82, 2.24) is 0 Å². The number of aryl methyl sites for hydroxylation is 1. The second-order valence-corrected chi connectivity index (χ2v) is 6.96. The molecule has 0 amide bonds. The highest BCUT2D eigenvalue weighted by molar-refractivity contribution is 5.23. The van der Waals surface area contributed by atoms with Crippen molar-refractivity contribution in [1.29, 1.82) is 0 Å². The molecule has 1 aromatic rings. The van der Waals surface area contributed by atoms with E-state index in [0.29, 0.717) is 5.41 Å². The number of hydrogen-bond donors (Lipinski definition) is 1. The molecule has 2 rings (SSSR count). The van der Waals surface area contributed by atoms with Gasteiger partial charge in [0.25, 0.3) is 0 Å². The van der Waals surface area contributed by atoms with Gasteiger partial charge in [-0.15, -0.1) is 0 Å². The summed E-state index contributed by atoms with van der Waals surface area (Å²) in [5, 5.41) is 0. The Kier molecular flexibility index (Phi) is 5.65. The Morgan fingerprint density at radius 3 is 2.60 bits per heavy atom. The van der Waals surface area contributed by atoms with E-state index >= 15 is 0 Å². The Morgan fingerprint density at radius 1 is 1.25 bits per heavy atom. The summed E-state index contributed by atoms with van der Waals surface area (Å²) in [6.45, 7) is 5.33. The molecular formula is C19H31N. The monoisotopic (exact) mass is 273 g/mol. The van der Waals surface area contributed by atoms with Gasteiger partial charge in [-0.2, -0.15) is 0 Å². The second kappa shape index (κ2) is 7.26. The first-order valence-corrected chi connectivity index (χ1v) is 8.43. The van der Waals surface area contributed by atoms with Gasteiger partial charge in [-0.3, -0.25) is 0 Å². The summed E-state index contributed by atoms with van der Waals surface area (Å²) >= 11 is 0. The average Bonchev–Trinajstić information content (AvgIpc) is 2.47. The lowest BCUT2D eigenvalue weighted by Crippen LogP contribution is -2.36. The van der Waals surface area contributed by atoms with E-state index in [1.807, 2.05) is 0 Å². The van der Waals surface area contributed by atoms with Crippen LogP contribution in [0.15, 0.2) is 24.3 Å². The fourth-order valence-corrected chi connectivity index (χ4v) is 3.78. The van der Waals surface area contributed by atoms with Gasteiger partial charge in [0.2, 0.25) is 0 Å². The average molecular weight is 273 g/mol. The SMILES string of the molecule is CCCCC1CCC(CN)(Cc2cccc(C)c2)CC1. The van der Waals surface area contributed by atoms with Crippen molar-refractivity contribution in [3.05, 3.63) is 35.4 Å². The highest BCUT2D eigenvalue weighted by Crippen LogP contribution is 2.42. The largest absolute Gasteiger partial charge is 0.330 e. The zero-order valence-corrected chi connectivity index (χ0v) is 13.3. The third-order valence-corrected chi connectivity index (χ3v) is 5.23. The molecule has 0 saturated heterocycles. The lowest BCUT2D eigenvalue weighted by molar-refractivity contribution is 0.150. The molecule has 1 heteroatoms. The Labute approximate surface area is 125 Å². The molecule has 0 bridgehead atoms. The normalized spacial score (nSPS) is 26.6. The van der Waals surface area contributed by atoms with Crippen molar-refractivity contribution < 1.29 is 0 Å². The van der Waals surface area contributed by atoms with E-state index in [-0.39, 0.29) is 0 Å². The quantitative estimate of drug-likeness (QED) is 0.786. The van der Waals surface area contributed by atoms with E-state index in [0.717, 1.165) is 12.5 Å². The predicted octanol–water partition coefficient (Wildman–Crippen LogP) is 4.86. The van der Waals surface area contributed by atoms with Gasteiger partial charge in [-0.05, 0) is 62.5 Å². The maximum atomic E-state index is 6.17. The van der Waals surface area contributed by atoms with Gasteiger partial charge >= 0.3 is 0 Å². The van der Waals surface area contributed by atoms with Crippen molar-refractivity contribution in [2.45, 2.75) is 65.2 Å². The maximum Gasteiger partial charge on any atom is -0.00173 e. The molecule has 1 aliphatic carbocycles. The zero-order chi connectivity index (χ0) is 14.4.